The van der Waals surface area contributed by atoms with Gasteiger partial charge in [-0.3, -0.25) is 14.7 Å². The van der Waals surface area contributed by atoms with Crippen LogP contribution in [0.2, 0.25) is 0 Å². The number of benzene rings is 2. The Morgan fingerprint density at radius 1 is 1.13 bits per heavy atom. The van der Waals surface area contributed by atoms with Crippen molar-refractivity contribution in [2.45, 2.75) is 38.8 Å². The summed E-state index contributed by atoms with van der Waals surface area (Å²) in [6, 6.07) is 8.84. The number of H-pyrrole nitrogens is 1. The van der Waals surface area contributed by atoms with Crippen LogP contribution in [-0.4, -0.2) is 39.0 Å². The van der Waals surface area contributed by atoms with Crippen molar-refractivity contribution in [1.82, 2.24) is 15.1 Å². The van der Waals surface area contributed by atoms with Crippen LogP contribution in [0.4, 0.5) is 0 Å². The van der Waals surface area contributed by atoms with Gasteiger partial charge in [0.15, 0.2) is 5.78 Å². The van der Waals surface area contributed by atoms with E-state index in [2.05, 4.69) is 10.2 Å². The van der Waals surface area contributed by atoms with Crippen molar-refractivity contribution in [3.63, 3.8) is 0 Å². The molecule has 2 aliphatic rings. The van der Waals surface area contributed by atoms with E-state index < -0.39 is 0 Å². The first kappa shape index (κ1) is 18.7. The molecule has 1 aromatic heterocycles. The fourth-order valence-corrected chi connectivity index (χ4v) is 4.61. The molecule has 30 heavy (non-hydrogen) atoms. The molecule has 0 unspecified atom stereocenters. The van der Waals surface area contributed by atoms with E-state index in [9.17, 15) is 14.7 Å². The molecule has 0 spiro atoms. The fraction of sp³-hybridized carbons (Fsp3) is 0.348. The van der Waals surface area contributed by atoms with Crippen molar-refractivity contribution in [2.24, 2.45) is 5.92 Å². The molecule has 1 saturated carbocycles. The van der Waals surface area contributed by atoms with Crippen LogP contribution in [-0.2, 0) is 13.1 Å². The minimum atomic E-state index is -0.273. The largest absolute Gasteiger partial charge is 0.507 e. The van der Waals surface area contributed by atoms with E-state index in [1.54, 1.807) is 18.1 Å². The van der Waals surface area contributed by atoms with Gasteiger partial charge in [0.25, 0.3) is 5.91 Å². The van der Waals surface area contributed by atoms with Gasteiger partial charge in [-0.15, -0.1) is 0 Å². The van der Waals surface area contributed by atoms with E-state index in [1.165, 1.54) is 6.07 Å². The molecule has 7 nitrogen and oxygen atoms in total. The number of phenolic OH excluding ortho intramolecular Hbond substituents is 1. The van der Waals surface area contributed by atoms with Gasteiger partial charge in [0.2, 0.25) is 0 Å². The molecule has 1 fully saturated rings. The topological polar surface area (TPSA) is 95.5 Å². The summed E-state index contributed by atoms with van der Waals surface area (Å²) in [6.45, 7) is 0.914. The third kappa shape index (κ3) is 3.01. The Morgan fingerprint density at radius 2 is 1.90 bits per heavy atom. The molecular formula is C23H23N3O4. The number of amides is 1. The van der Waals surface area contributed by atoms with Crippen molar-refractivity contribution >= 4 is 22.6 Å². The molecule has 3 aromatic rings. The first-order valence-corrected chi connectivity index (χ1v) is 10.3. The highest BCUT2D eigenvalue weighted by Crippen LogP contribution is 2.34. The quantitative estimate of drug-likeness (QED) is 0.644. The number of hydrogen-bond donors (Lipinski definition) is 2. The Labute approximate surface area is 173 Å². The molecule has 1 amide bonds. The number of ether oxygens (including phenoxy) is 1. The lowest BCUT2D eigenvalue weighted by molar-refractivity contribution is 0.0748. The molecule has 0 atom stereocenters. The molecule has 5 rings (SSSR count). The lowest BCUT2D eigenvalue weighted by Crippen LogP contribution is -2.25. The zero-order valence-electron chi connectivity index (χ0n) is 16.8. The number of methoxy groups -OCH3 is 1. The van der Waals surface area contributed by atoms with Crippen LogP contribution in [0.1, 0.15) is 57.7 Å². The number of nitrogens with zero attached hydrogens (tertiary/aromatic N) is 2. The van der Waals surface area contributed by atoms with E-state index in [-0.39, 0.29) is 28.9 Å². The number of carbonyl (C=O) groups excluding carboxylic acids is 2. The monoisotopic (exact) mass is 405 g/mol. The van der Waals surface area contributed by atoms with Crippen LogP contribution < -0.4 is 4.74 Å². The predicted molar refractivity (Wildman–Crippen MR) is 111 cm³/mol. The molecule has 7 heteroatoms. The van der Waals surface area contributed by atoms with Crippen molar-refractivity contribution in [1.29, 1.82) is 0 Å². The first-order chi connectivity index (χ1) is 14.5. The van der Waals surface area contributed by atoms with Gasteiger partial charge < -0.3 is 14.7 Å². The van der Waals surface area contributed by atoms with Gasteiger partial charge in [0.1, 0.15) is 17.2 Å². The van der Waals surface area contributed by atoms with E-state index >= 15 is 0 Å². The standard InChI is InChI=1S/C23H23N3O4/c1-30-16-7-6-14-11-26(12-15(14)8-16)23(29)18-9-17-19(10-20(18)27)24-25-21(17)22(28)13-4-2-3-5-13/h6-10,13,27H,2-5,11-12H2,1H3,(H,24,25). The minimum Gasteiger partial charge on any atom is -0.507 e. The minimum absolute atomic E-state index is 0.00693. The van der Waals surface area contributed by atoms with Crippen molar-refractivity contribution < 1.29 is 19.4 Å². The summed E-state index contributed by atoms with van der Waals surface area (Å²) in [5, 5.41) is 18.1. The van der Waals surface area contributed by atoms with Crippen LogP contribution in [0.3, 0.4) is 0 Å². The number of rotatable bonds is 4. The molecular weight excluding hydrogens is 382 g/mol. The number of aromatic amines is 1. The number of hydrogen-bond acceptors (Lipinski definition) is 5. The zero-order valence-corrected chi connectivity index (χ0v) is 16.8. The molecule has 1 aliphatic carbocycles. The van der Waals surface area contributed by atoms with Crippen LogP contribution in [0.25, 0.3) is 10.9 Å². The summed E-state index contributed by atoms with van der Waals surface area (Å²) in [5.74, 6) is 0.367. The van der Waals surface area contributed by atoms with Gasteiger partial charge >= 0.3 is 0 Å². The third-order valence-corrected chi connectivity index (χ3v) is 6.29. The van der Waals surface area contributed by atoms with Crippen LogP contribution >= 0.6 is 0 Å². The summed E-state index contributed by atoms with van der Waals surface area (Å²) in [5.41, 5.74) is 3.19. The Balaban J connectivity index is 1.46. The highest BCUT2D eigenvalue weighted by atomic mass is 16.5. The molecule has 1 aliphatic heterocycles. The highest BCUT2D eigenvalue weighted by Gasteiger charge is 2.30. The zero-order chi connectivity index (χ0) is 20.8. The number of nitrogens with one attached hydrogen (secondary N) is 1. The molecule has 0 bridgehead atoms. The van der Waals surface area contributed by atoms with Crippen molar-refractivity contribution in [2.75, 3.05) is 7.11 Å². The Morgan fingerprint density at radius 3 is 2.67 bits per heavy atom. The van der Waals surface area contributed by atoms with Gasteiger partial charge in [-0.2, -0.15) is 5.10 Å². The summed E-state index contributed by atoms with van der Waals surface area (Å²) in [7, 11) is 1.61. The second-order valence-corrected chi connectivity index (χ2v) is 8.13. The van der Waals surface area contributed by atoms with Crippen LogP contribution in [0.15, 0.2) is 30.3 Å². The maximum Gasteiger partial charge on any atom is 0.258 e. The maximum absolute atomic E-state index is 13.2. The second-order valence-electron chi connectivity index (χ2n) is 8.13. The average Bonchev–Trinajstić information content (AvgIpc) is 3.50. The van der Waals surface area contributed by atoms with Gasteiger partial charge in [-0.1, -0.05) is 18.9 Å². The van der Waals surface area contributed by atoms with E-state index in [4.69, 9.17) is 4.74 Å². The molecule has 154 valence electrons. The van der Waals surface area contributed by atoms with Crippen LogP contribution in [0, 0.1) is 5.92 Å². The summed E-state index contributed by atoms with van der Waals surface area (Å²) in [6.07, 6.45) is 3.88. The van der Waals surface area contributed by atoms with Gasteiger partial charge in [0.05, 0.1) is 18.2 Å². The lowest BCUT2D eigenvalue weighted by atomic mass is 9.97. The van der Waals surface area contributed by atoms with E-state index in [0.717, 1.165) is 42.6 Å². The fourth-order valence-electron chi connectivity index (χ4n) is 4.61. The number of aromatic nitrogens is 2. The van der Waals surface area contributed by atoms with Crippen molar-refractivity contribution in [3.8, 4) is 11.5 Å². The second kappa shape index (κ2) is 7.16. The Bertz CT molecular complexity index is 1160. The number of carbonyl (C=O) groups is 2. The summed E-state index contributed by atoms with van der Waals surface area (Å²) >= 11 is 0. The summed E-state index contributed by atoms with van der Waals surface area (Å²) in [4.78, 5) is 27.8. The number of ketones is 1. The molecule has 2 heterocycles. The van der Waals surface area contributed by atoms with Gasteiger partial charge in [0, 0.05) is 30.5 Å². The molecule has 0 radical (unpaired) electrons. The molecule has 2 aromatic carbocycles. The average molecular weight is 405 g/mol. The predicted octanol–water partition coefficient (Wildman–Crippen LogP) is 3.81. The third-order valence-electron chi connectivity index (χ3n) is 6.29. The Kier molecular flexibility index (Phi) is 4.46. The Hall–Kier alpha value is -3.35. The molecule has 0 saturated heterocycles. The maximum atomic E-state index is 13.2. The number of phenols is 1. The number of fused-ring (bicyclic) bond motifs is 2. The smallest absolute Gasteiger partial charge is 0.258 e. The highest BCUT2D eigenvalue weighted by molar-refractivity contribution is 6.10. The van der Waals surface area contributed by atoms with E-state index in [0.29, 0.717) is 29.7 Å². The SMILES string of the molecule is COc1ccc2c(c1)CN(C(=O)c1cc3c(C(=O)C4CCCC4)n[nH]c3cc1O)C2. The van der Waals surface area contributed by atoms with Gasteiger partial charge in [-0.25, -0.2) is 0 Å². The van der Waals surface area contributed by atoms with Gasteiger partial charge in [-0.05, 0) is 42.2 Å². The van der Waals surface area contributed by atoms with Crippen LogP contribution in [0.5, 0.6) is 11.5 Å². The number of aromatic hydroxyl groups is 1. The normalized spacial score (nSPS) is 16.2. The van der Waals surface area contributed by atoms with Crippen molar-refractivity contribution in [3.05, 3.63) is 52.7 Å². The first-order valence-electron chi connectivity index (χ1n) is 10.3. The summed E-state index contributed by atoms with van der Waals surface area (Å²) < 4.78 is 5.27. The molecule has 2 N–H and O–H groups in total. The lowest BCUT2D eigenvalue weighted by Gasteiger charge is -2.16. The van der Waals surface area contributed by atoms with E-state index in [1.807, 2.05) is 18.2 Å². The number of Topliss-reactive ketones (excluding diaryl/α,β-unsaturated/α-hetero) is 1.